The van der Waals surface area contributed by atoms with Gasteiger partial charge in [0.2, 0.25) is 0 Å². The van der Waals surface area contributed by atoms with Gasteiger partial charge in [0.15, 0.2) is 0 Å². The van der Waals surface area contributed by atoms with E-state index in [-0.39, 0.29) is 5.91 Å². The minimum atomic E-state index is -0.340. The molecule has 0 unspecified atom stereocenters. The van der Waals surface area contributed by atoms with Gasteiger partial charge in [-0.05, 0) is 68.6 Å². The van der Waals surface area contributed by atoms with Crippen molar-refractivity contribution < 1.29 is 14.3 Å². The number of hydrazone groups is 1. The maximum Gasteiger partial charge on any atom is 0.275 e. The standard InChI is InChI=1S/C17H16Br2N2O3/c1-3-24-16-13(18)8-11(9-14(16)19)10-20-21-17(22)12-6-4-5-7-15(12)23-2/h4-10H,3H2,1-2H3,(H,21,22)/b20-10+. The molecule has 0 heterocycles. The Kier molecular flexibility index (Phi) is 6.81. The minimum absolute atomic E-state index is 0.340. The van der Waals surface area contributed by atoms with Crippen LogP contribution in [0.5, 0.6) is 11.5 Å². The van der Waals surface area contributed by atoms with E-state index >= 15 is 0 Å². The van der Waals surface area contributed by atoms with E-state index in [2.05, 4.69) is 42.4 Å². The Morgan fingerprint density at radius 3 is 2.54 bits per heavy atom. The molecule has 0 aromatic heterocycles. The topological polar surface area (TPSA) is 59.9 Å². The molecule has 5 nitrogen and oxygen atoms in total. The van der Waals surface area contributed by atoms with Crippen LogP contribution in [0, 0.1) is 0 Å². The SMILES string of the molecule is CCOc1c(Br)cc(/C=N/NC(=O)c2ccccc2OC)cc1Br. The summed E-state index contributed by atoms with van der Waals surface area (Å²) in [5.41, 5.74) is 3.72. The second-order valence-corrected chi connectivity index (χ2v) is 6.35. The van der Waals surface area contributed by atoms with Gasteiger partial charge in [-0.25, -0.2) is 5.43 Å². The first-order valence-corrected chi connectivity index (χ1v) is 8.73. The molecule has 2 aromatic carbocycles. The number of methoxy groups -OCH3 is 1. The Labute approximate surface area is 157 Å². The van der Waals surface area contributed by atoms with Crippen molar-refractivity contribution in [1.29, 1.82) is 0 Å². The molecule has 0 saturated heterocycles. The highest BCUT2D eigenvalue weighted by Crippen LogP contribution is 2.34. The fraction of sp³-hybridized carbons (Fsp3) is 0.176. The molecule has 1 N–H and O–H groups in total. The zero-order valence-corrected chi connectivity index (χ0v) is 16.3. The van der Waals surface area contributed by atoms with Gasteiger partial charge in [0.25, 0.3) is 5.91 Å². The largest absolute Gasteiger partial charge is 0.496 e. The van der Waals surface area contributed by atoms with Gasteiger partial charge in [-0.3, -0.25) is 4.79 Å². The molecule has 0 radical (unpaired) electrons. The summed E-state index contributed by atoms with van der Waals surface area (Å²) in [5.74, 6) is 0.886. The maximum atomic E-state index is 12.1. The third-order valence-corrected chi connectivity index (χ3v) is 4.22. The molecular formula is C17H16Br2N2O3. The number of halogens is 2. The molecule has 0 aliphatic rings. The van der Waals surface area contributed by atoms with Crippen LogP contribution in [0.25, 0.3) is 0 Å². The smallest absolute Gasteiger partial charge is 0.275 e. The number of hydrogen-bond acceptors (Lipinski definition) is 4. The predicted molar refractivity (Wildman–Crippen MR) is 101 cm³/mol. The van der Waals surface area contributed by atoms with Crippen molar-refractivity contribution in [1.82, 2.24) is 5.43 Å². The third-order valence-electron chi connectivity index (χ3n) is 3.04. The van der Waals surface area contributed by atoms with E-state index in [9.17, 15) is 4.79 Å². The molecule has 126 valence electrons. The second kappa shape index (κ2) is 8.84. The van der Waals surface area contributed by atoms with Crippen molar-refractivity contribution in [3.05, 3.63) is 56.5 Å². The van der Waals surface area contributed by atoms with Crippen LogP contribution in [0.1, 0.15) is 22.8 Å². The number of rotatable bonds is 6. The van der Waals surface area contributed by atoms with Gasteiger partial charge >= 0.3 is 0 Å². The van der Waals surface area contributed by atoms with Crippen molar-refractivity contribution in [2.45, 2.75) is 6.92 Å². The maximum absolute atomic E-state index is 12.1. The van der Waals surface area contributed by atoms with E-state index in [1.165, 1.54) is 7.11 Å². The van der Waals surface area contributed by atoms with Crippen LogP contribution in [0.3, 0.4) is 0 Å². The molecule has 0 aliphatic carbocycles. The Morgan fingerprint density at radius 1 is 1.25 bits per heavy atom. The average Bonchev–Trinajstić information content (AvgIpc) is 2.58. The third kappa shape index (κ3) is 4.58. The quantitative estimate of drug-likeness (QED) is 0.519. The molecule has 0 atom stereocenters. The number of para-hydroxylation sites is 1. The highest BCUT2D eigenvalue weighted by molar-refractivity contribution is 9.11. The molecule has 7 heteroatoms. The van der Waals surface area contributed by atoms with Crippen molar-refractivity contribution in [2.75, 3.05) is 13.7 Å². The Balaban J connectivity index is 2.10. The summed E-state index contributed by atoms with van der Waals surface area (Å²) in [7, 11) is 1.52. The fourth-order valence-electron chi connectivity index (χ4n) is 1.99. The molecule has 0 aliphatic heterocycles. The number of carbonyl (C=O) groups is 1. The zero-order chi connectivity index (χ0) is 17.5. The molecule has 24 heavy (non-hydrogen) atoms. The molecule has 1 amide bonds. The summed E-state index contributed by atoms with van der Waals surface area (Å²) in [5, 5.41) is 3.99. The highest BCUT2D eigenvalue weighted by atomic mass is 79.9. The van der Waals surface area contributed by atoms with E-state index in [0.717, 1.165) is 20.3 Å². The Bertz CT molecular complexity index is 740. The summed E-state index contributed by atoms with van der Waals surface area (Å²) >= 11 is 6.91. The number of amides is 1. The van der Waals surface area contributed by atoms with E-state index in [4.69, 9.17) is 9.47 Å². The van der Waals surface area contributed by atoms with Crippen molar-refractivity contribution in [3.8, 4) is 11.5 Å². The first kappa shape index (κ1) is 18.5. The van der Waals surface area contributed by atoms with E-state index < -0.39 is 0 Å². The number of nitrogens with zero attached hydrogens (tertiary/aromatic N) is 1. The zero-order valence-electron chi connectivity index (χ0n) is 13.2. The Morgan fingerprint density at radius 2 is 1.92 bits per heavy atom. The summed E-state index contributed by atoms with van der Waals surface area (Å²) in [6.07, 6.45) is 1.55. The summed E-state index contributed by atoms with van der Waals surface area (Å²) in [4.78, 5) is 12.1. The van der Waals surface area contributed by atoms with Crippen LogP contribution in [0.15, 0.2) is 50.4 Å². The van der Waals surface area contributed by atoms with Crippen LogP contribution in [-0.2, 0) is 0 Å². The van der Waals surface area contributed by atoms with E-state index in [1.807, 2.05) is 19.1 Å². The molecule has 0 spiro atoms. The lowest BCUT2D eigenvalue weighted by atomic mass is 10.2. The van der Waals surface area contributed by atoms with Crippen LogP contribution in [0.2, 0.25) is 0 Å². The molecule has 0 fully saturated rings. The number of carbonyl (C=O) groups excluding carboxylic acids is 1. The van der Waals surface area contributed by atoms with E-state index in [0.29, 0.717) is 17.9 Å². The van der Waals surface area contributed by atoms with Gasteiger partial charge in [-0.15, -0.1) is 0 Å². The summed E-state index contributed by atoms with van der Waals surface area (Å²) in [6, 6.07) is 10.7. The Hall–Kier alpha value is -1.86. The average molecular weight is 456 g/mol. The number of nitrogens with one attached hydrogen (secondary N) is 1. The van der Waals surface area contributed by atoms with Crippen LogP contribution < -0.4 is 14.9 Å². The lowest BCUT2D eigenvalue weighted by Gasteiger charge is -2.09. The van der Waals surface area contributed by atoms with Gasteiger partial charge < -0.3 is 9.47 Å². The summed E-state index contributed by atoms with van der Waals surface area (Å²) < 4.78 is 12.3. The molecular weight excluding hydrogens is 440 g/mol. The van der Waals surface area contributed by atoms with Crippen LogP contribution >= 0.6 is 31.9 Å². The number of ether oxygens (including phenoxy) is 2. The molecule has 2 aromatic rings. The first-order valence-electron chi connectivity index (χ1n) is 7.15. The van der Waals surface area contributed by atoms with E-state index in [1.54, 1.807) is 30.5 Å². The van der Waals surface area contributed by atoms with Gasteiger partial charge in [0.1, 0.15) is 11.5 Å². The summed E-state index contributed by atoms with van der Waals surface area (Å²) in [6.45, 7) is 2.49. The first-order chi connectivity index (χ1) is 11.6. The molecule has 0 bridgehead atoms. The van der Waals surface area contributed by atoms with Gasteiger partial charge in [-0.1, -0.05) is 12.1 Å². The molecule has 2 rings (SSSR count). The lowest BCUT2D eigenvalue weighted by molar-refractivity contribution is 0.0952. The number of hydrogen-bond donors (Lipinski definition) is 1. The van der Waals surface area contributed by atoms with Crippen LogP contribution in [-0.4, -0.2) is 25.8 Å². The van der Waals surface area contributed by atoms with Crippen molar-refractivity contribution in [3.63, 3.8) is 0 Å². The van der Waals surface area contributed by atoms with Gasteiger partial charge in [0, 0.05) is 0 Å². The molecule has 0 saturated carbocycles. The van der Waals surface area contributed by atoms with Crippen molar-refractivity contribution in [2.24, 2.45) is 5.10 Å². The highest BCUT2D eigenvalue weighted by Gasteiger charge is 2.10. The normalized spacial score (nSPS) is 10.7. The number of benzene rings is 2. The van der Waals surface area contributed by atoms with Gasteiger partial charge in [-0.2, -0.15) is 5.10 Å². The minimum Gasteiger partial charge on any atom is -0.496 e. The predicted octanol–water partition coefficient (Wildman–Crippen LogP) is 4.38. The van der Waals surface area contributed by atoms with Crippen molar-refractivity contribution >= 4 is 44.0 Å². The fourth-order valence-corrected chi connectivity index (χ4v) is 3.44. The second-order valence-electron chi connectivity index (χ2n) is 4.65. The monoisotopic (exact) mass is 454 g/mol. The van der Waals surface area contributed by atoms with Crippen LogP contribution in [0.4, 0.5) is 0 Å². The van der Waals surface area contributed by atoms with Gasteiger partial charge in [0.05, 0.1) is 34.4 Å². The lowest BCUT2D eigenvalue weighted by Crippen LogP contribution is -2.18.